The maximum Gasteiger partial charge on any atom is 0.152 e. The molecule has 0 unspecified atom stereocenters. The van der Waals surface area contributed by atoms with E-state index in [1.54, 1.807) is 0 Å². The summed E-state index contributed by atoms with van der Waals surface area (Å²) in [5, 5.41) is 0. The normalized spacial score (nSPS) is 17.3. The molecular formula is C19H33BrN4. The minimum Gasteiger partial charge on any atom is -0.366 e. The van der Waals surface area contributed by atoms with Gasteiger partial charge in [-0.2, -0.15) is 0 Å². The molecule has 0 amide bonds. The van der Waals surface area contributed by atoms with Gasteiger partial charge in [-0.25, -0.2) is 4.98 Å². The largest absolute Gasteiger partial charge is 0.366 e. The molecule has 136 valence electrons. The minimum absolute atomic E-state index is 0.0586. The van der Waals surface area contributed by atoms with Gasteiger partial charge in [0.05, 0.1) is 5.69 Å². The molecule has 0 atom stereocenters. The molecule has 0 aromatic carbocycles. The molecule has 0 N–H and O–H groups in total. The number of anilines is 2. The summed E-state index contributed by atoms with van der Waals surface area (Å²) in [5.74, 6) is 1.06. The van der Waals surface area contributed by atoms with E-state index in [1.165, 1.54) is 11.3 Å². The summed E-state index contributed by atoms with van der Waals surface area (Å²) in [6, 6.07) is 0. The number of piperazine rings is 1. The first-order valence-electron chi connectivity index (χ1n) is 8.79. The van der Waals surface area contributed by atoms with Crippen LogP contribution in [0, 0.1) is 0 Å². The Bertz CT molecular complexity index is 576. The summed E-state index contributed by atoms with van der Waals surface area (Å²) in [4.78, 5) is 11.9. The lowest BCUT2D eigenvalue weighted by atomic mass is 9.85. The van der Waals surface area contributed by atoms with Crippen molar-refractivity contribution >= 4 is 27.4 Å². The van der Waals surface area contributed by atoms with Gasteiger partial charge in [0, 0.05) is 62.0 Å². The highest BCUT2D eigenvalue weighted by atomic mass is 79.9. The number of halogens is 1. The second kappa shape index (κ2) is 6.83. The highest BCUT2D eigenvalue weighted by Gasteiger charge is 2.32. The molecular weight excluding hydrogens is 364 g/mol. The van der Waals surface area contributed by atoms with E-state index in [0.29, 0.717) is 0 Å². The Kier molecular flexibility index (Phi) is 5.55. The summed E-state index contributed by atoms with van der Waals surface area (Å²) in [5.41, 5.74) is 2.93. The van der Waals surface area contributed by atoms with Crippen molar-refractivity contribution in [3.05, 3.63) is 16.2 Å². The van der Waals surface area contributed by atoms with Crippen molar-refractivity contribution in [2.24, 2.45) is 0 Å². The van der Waals surface area contributed by atoms with Gasteiger partial charge in [0.15, 0.2) is 5.82 Å². The molecule has 0 saturated carbocycles. The quantitative estimate of drug-likeness (QED) is 0.749. The highest BCUT2D eigenvalue weighted by molar-refractivity contribution is 9.10. The summed E-state index contributed by atoms with van der Waals surface area (Å²) in [6.45, 7) is 18.0. The molecule has 2 rings (SSSR count). The van der Waals surface area contributed by atoms with Crippen LogP contribution in [0.25, 0.3) is 0 Å². The van der Waals surface area contributed by atoms with Crippen LogP contribution in [0.2, 0.25) is 0 Å². The first-order valence-corrected chi connectivity index (χ1v) is 9.58. The molecule has 0 spiro atoms. The fraction of sp³-hybridized carbons (Fsp3) is 0.737. The molecule has 1 fully saturated rings. The Hall–Kier alpha value is -0.810. The number of hydrogen-bond donors (Lipinski definition) is 0. The molecule has 2 heterocycles. The lowest BCUT2D eigenvalue weighted by Gasteiger charge is -2.44. The first kappa shape index (κ1) is 19.5. The van der Waals surface area contributed by atoms with Crippen LogP contribution in [0.1, 0.15) is 47.1 Å². The summed E-state index contributed by atoms with van der Waals surface area (Å²) >= 11 is 3.76. The highest BCUT2D eigenvalue weighted by Crippen LogP contribution is 2.42. The Morgan fingerprint density at radius 1 is 1.00 bits per heavy atom. The van der Waals surface area contributed by atoms with Crippen LogP contribution < -0.4 is 9.80 Å². The zero-order valence-electron chi connectivity index (χ0n) is 16.6. The number of hydrogen-bond acceptors (Lipinski definition) is 4. The molecule has 1 aromatic heterocycles. The standard InChI is InChI=1S/C19H33BrN4/c1-18(2,3)15-14(20)13-21-17(22(7)8)16(15)23-9-11-24(12-10-23)19(4,5)6/h13H,9-12H2,1-8H3. The van der Waals surface area contributed by atoms with Gasteiger partial charge in [-0.05, 0) is 42.1 Å². The van der Waals surface area contributed by atoms with Crippen molar-refractivity contribution in [3.63, 3.8) is 0 Å². The van der Waals surface area contributed by atoms with Gasteiger partial charge in [-0.3, -0.25) is 4.90 Å². The molecule has 24 heavy (non-hydrogen) atoms. The third kappa shape index (κ3) is 4.05. The Balaban J connectivity index is 2.44. The van der Waals surface area contributed by atoms with E-state index in [2.05, 4.69) is 86.3 Å². The molecule has 5 heteroatoms. The van der Waals surface area contributed by atoms with E-state index < -0.39 is 0 Å². The Morgan fingerprint density at radius 3 is 1.96 bits per heavy atom. The fourth-order valence-electron chi connectivity index (χ4n) is 3.41. The zero-order valence-corrected chi connectivity index (χ0v) is 18.2. The van der Waals surface area contributed by atoms with E-state index >= 15 is 0 Å². The van der Waals surface area contributed by atoms with Gasteiger partial charge in [0.25, 0.3) is 0 Å². The van der Waals surface area contributed by atoms with Gasteiger partial charge in [-0.15, -0.1) is 0 Å². The van der Waals surface area contributed by atoms with Crippen molar-refractivity contribution in [3.8, 4) is 0 Å². The van der Waals surface area contributed by atoms with Crippen LogP contribution in [0.3, 0.4) is 0 Å². The van der Waals surface area contributed by atoms with E-state index in [9.17, 15) is 0 Å². The van der Waals surface area contributed by atoms with Gasteiger partial charge in [0.2, 0.25) is 0 Å². The van der Waals surface area contributed by atoms with Crippen LogP contribution in [0.15, 0.2) is 10.7 Å². The topological polar surface area (TPSA) is 22.6 Å². The second-order valence-corrected chi connectivity index (χ2v) is 9.80. The van der Waals surface area contributed by atoms with Crippen LogP contribution in [0.5, 0.6) is 0 Å². The van der Waals surface area contributed by atoms with Gasteiger partial charge < -0.3 is 9.80 Å². The molecule has 0 radical (unpaired) electrons. The zero-order chi connectivity index (χ0) is 18.3. The van der Waals surface area contributed by atoms with Crippen molar-refractivity contribution in [2.75, 3.05) is 50.1 Å². The first-order chi connectivity index (χ1) is 10.9. The monoisotopic (exact) mass is 396 g/mol. The van der Waals surface area contributed by atoms with Crippen LogP contribution in [0.4, 0.5) is 11.5 Å². The van der Waals surface area contributed by atoms with Gasteiger partial charge in [0.1, 0.15) is 0 Å². The van der Waals surface area contributed by atoms with E-state index in [0.717, 1.165) is 36.5 Å². The predicted octanol–water partition coefficient (Wildman–Crippen LogP) is 4.13. The third-order valence-electron chi connectivity index (χ3n) is 4.71. The minimum atomic E-state index is 0.0586. The molecule has 1 aliphatic rings. The van der Waals surface area contributed by atoms with Crippen LogP contribution >= 0.6 is 15.9 Å². The van der Waals surface area contributed by atoms with Crippen LogP contribution in [-0.4, -0.2) is 55.7 Å². The molecule has 1 saturated heterocycles. The van der Waals surface area contributed by atoms with E-state index in [4.69, 9.17) is 4.98 Å². The van der Waals surface area contributed by atoms with E-state index in [-0.39, 0.29) is 11.0 Å². The number of rotatable bonds is 2. The lowest BCUT2D eigenvalue weighted by Crippen LogP contribution is -2.54. The predicted molar refractivity (Wildman–Crippen MR) is 109 cm³/mol. The Labute approximate surface area is 156 Å². The molecule has 1 aromatic rings. The summed E-state index contributed by atoms with van der Waals surface area (Å²) < 4.78 is 1.11. The fourth-order valence-corrected chi connectivity index (χ4v) is 4.29. The third-order valence-corrected chi connectivity index (χ3v) is 5.31. The van der Waals surface area contributed by atoms with Crippen molar-refractivity contribution < 1.29 is 0 Å². The van der Waals surface area contributed by atoms with Crippen molar-refractivity contribution in [1.29, 1.82) is 0 Å². The van der Waals surface area contributed by atoms with Crippen LogP contribution in [-0.2, 0) is 5.41 Å². The second-order valence-electron chi connectivity index (χ2n) is 8.94. The van der Waals surface area contributed by atoms with Crippen molar-refractivity contribution in [1.82, 2.24) is 9.88 Å². The average molecular weight is 397 g/mol. The smallest absolute Gasteiger partial charge is 0.152 e. The Morgan fingerprint density at radius 2 is 1.54 bits per heavy atom. The van der Waals surface area contributed by atoms with Gasteiger partial charge >= 0.3 is 0 Å². The maximum atomic E-state index is 4.72. The number of pyridine rings is 1. The molecule has 1 aliphatic heterocycles. The van der Waals surface area contributed by atoms with Gasteiger partial charge in [-0.1, -0.05) is 20.8 Å². The summed E-state index contributed by atoms with van der Waals surface area (Å²) in [6.07, 6.45) is 1.95. The maximum absolute atomic E-state index is 4.72. The average Bonchev–Trinajstić information content (AvgIpc) is 2.44. The number of aromatic nitrogens is 1. The van der Waals surface area contributed by atoms with E-state index in [1.807, 2.05) is 6.20 Å². The molecule has 0 aliphatic carbocycles. The number of nitrogens with zero attached hydrogens (tertiary/aromatic N) is 4. The molecule has 4 nitrogen and oxygen atoms in total. The lowest BCUT2D eigenvalue weighted by molar-refractivity contribution is 0.128. The summed E-state index contributed by atoms with van der Waals surface area (Å²) in [7, 11) is 4.16. The van der Waals surface area contributed by atoms with Crippen molar-refractivity contribution in [2.45, 2.75) is 52.5 Å². The molecule has 0 bridgehead atoms. The SMILES string of the molecule is CN(C)c1ncc(Br)c(C(C)(C)C)c1N1CCN(C(C)(C)C)CC1.